The quantitative estimate of drug-likeness (QED) is 0.519. The molecule has 0 atom stereocenters. The zero-order valence-electron chi connectivity index (χ0n) is 16.2. The third-order valence-corrected chi connectivity index (χ3v) is 5.67. The van der Waals surface area contributed by atoms with Gasteiger partial charge >= 0.3 is 150 Å². The Morgan fingerprint density at radius 3 is 2.00 bits per heavy atom. The molecular weight excluding hydrogens is 391 g/mol. The number of allylic oxidation sites excluding steroid dienone is 4. The fourth-order valence-electron chi connectivity index (χ4n) is 2.61. The first-order valence-corrected chi connectivity index (χ1v) is 9.55. The van der Waals surface area contributed by atoms with Crippen LogP contribution in [0.3, 0.4) is 0 Å². The average molecular weight is 421 g/mol. The van der Waals surface area contributed by atoms with Crippen LogP contribution in [0.25, 0.3) is 0 Å². The van der Waals surface area contributed by atoms with Gasteiger partial charge in [-0.15, -0.1) is 24.8 Å². The smallest absolute Gasteiger partial charge is 0.147 e. The van der Waals surface area contributed by atoms with Crippen molar-refractivity contribution >= 4 is 24.8 Å². The Balaban J connectivity index is 0.00000288. The van der Waals surface area contributed by atoms with Crippen LogP contribution in [0.15, 0.2) is 39.8 Å². The minimum absolute atomic E-state index is 0. The molecule has 140 valence electrons. The van der Waals surface area contributed by atoms with Gasteiger partial charge in [0.15, 0.2) is 0 Å². The van der Waals surface area contributed by atoms with Crippen LogP contribution in [0.4, 0.5) is 0 Å². The third kappa shape index (κ3) is 6.68. The predicted octanol–water partition coefficient (Wildman–Crippen LogP) is 6.47. The summed E-state index contributed by atoms with van der Waals surface area (Å²) in [7, 11) is 1.71. The summed E-state index contributed by atoms with van der Waals surface area (Å²) in [6, 6.07) is 6.26. The van der Waals surface area contributed by atoms with E-state index in [1.807, 2.05) is 6.07 Å². The van der Waals surface area contributed by atoms with Crippen LogP contribution >= 0.6 is 24.8 Å². The molecule has 0 fully saturated rings. The van der Waals surface area contributed by atoms with Crippen LogP contribution in [0, 0.1) is 5.41 Å². The molecule has 1 aromatic rings. The molecule has 0 N–H and O–H groups in total. The molecular formula is C20H30Cl2O2Ti. The predicted molar refractivity (Wildman–Crippen MR) is 107 cm³/mol. The summed E-state index contributed by atoms with van der Waals surface area (Å²) in [4.78, 5) is 0. The largest absolute Gasteiger partial charge is 0.147 e. The second-order valence-electron chi connectivity index (χ2n) is 8.10. The Hall–Kier alpha value is -0.406. The van der Waals surface area contributed by atoms with Crippen molar-refractivity contribution in [3.8, 4) is 11.5 Å². The minimum atomic E-state index is -0.620. The summed E-state index contributed by atoms with van der Waals surface area (Å²) in [5, 5.41) is 0. The molecule has 0 aliphatic heterocycles. The van der Waals surface area contributed by atoms with Gasteiger partial charge in [0.05, 0.1) is 0 Å². The standard InChI is InChI=1S/C11H16O2.C9H13.2ClH.Ti/c1-11(2,3)8-5-9(12)7-10(6-8)13-4;1-9(2,3)8-6-4-5-7-8;;;/h5-7,12H,1-4H3;4,6H,5H2,1-3H3;2*1H;/q;;;;+1/p-1. The molecule has 0 amide bonds. The molecule has 1 aliphatic carbocycles. The molecule has 0 saturated heterocycles. The topological polar surface area (TPSA) is 18.5 Å². The number of hydrogen-bond acceptors (Lipinski definition) is 2. The van der Waals surface area contributed by atoms with E-state index >= 15 is 0 Å². The summed E-state index contributed by atoms with van der Waals surface area (Å²) in [5.41, 5.74) is 2.97. The second-order valence-corrected chi connectivity index (χ2v) is 9.68. The van der Waals surface area contributed by atoms with Crippen LogP contribution in [0.1, 0.15) is 53.5 Å². The summed E-state index contributed by atoms with van der Waals surface area (Å²) < 4.78 is 13.2. The van der Waals surface area contributed by atoms with Crippen molar-refractivity contribution in [2.75, 3.05) is 7.11 Å². The Labute approximate surface area is 174 Å². The number of halogens is 2. The van der Waals surface area contributed by atoms with Crippen molar-refractivity contribution < 1.29 is 27.6 Å². The fraction of sp³-hybridized carbons (Fsp3) is 0.500. The van der Waals surface area contributed by atoms with Gasteiger partial charge in [-0.25, -0.2) is 0 Å². The first-order valence-electron chi connectivity index (χ1n) is 8.14. The summed E-state index contributed by atoms with van der Waals surface area (Å²) >= 11 is -0.620. The van der Waals surface area contributed by atoms with Gasteiger partial charge < -0.3 is 0 Å². The molecule has 2 rings (SSSR count). The van der Waals surface area contributed by atoms with Crippen LogP contribution in [0.5, 0.6) is 11.5 Å². The molecule has 0 aromatic heterocycles. The zero-order valence-corrected chi connectivity index (χ0v) is 19.4. The van der Waals surface area contributed by atoms with Gasteiger partial charge in [-0.3, -0.25) is 0 Å². The van der Waals surface area contributed by atoms with Gasteiger partial charge in [0.1, 0.15) is 0 Å². The van der Waals surface area contributed by atoms with E-state index < -0.39 is 19.5 Å². The number of benzene rings is 1. The van der Waals surface area contributed by atoms with Crippen molar-refractivity contribution in [2.24, 2.45) is 5.41 Å². The van der Waals surface area contributed by atoms with Crippen molar-refractivity contribution in [1.29, 1.82) is 0 Å². The average Bonchev–Trinajstić information content (AvgIpc) is 2.92. The molecule has 1 aromatic carbocycles. The SMILES string of the molecule is COc1cc([O][Ti][C]2=C(C(C)(C)C)C=CC2)cc(C(C)(C)C)c1.Cl.Cl. The van der Waals surface area contributed by atoms with Gasteiger partial charge in [0, 0.05) is 0 Å². The van der Waals surface area contributed by atoms with E-state index in [0.29, 0.717) is 0 Å². The van der Waals surface area contributed by atoms with Gasteiger partial charge in [-0.05, 0) is 0 Å². The monoisotopic (exact) mass is 420 g/mol. The first-order chi connectivity index (χ1) is 10.6. The van der Waals surface area contributed by atoms with Gasteiger partial charge in [-0.1, -0.05) is 0 Å². The molecule has 0 radical (unpaired) electrons. The van der Waals surface area contributed by atoms with E-state index in [2.05, 4.69) is 65.8 Å². The molecule has 1 aliphatic rings. The van der Waals surface area contributed by atoms with E-state index in [0.717, 1.165) is 17.9 Å². The fourth-order valence-corrected chi connectivity index (χ4v) is 4.37. The van der Waals surface area contributed by atoms with E-state index in [1.165, 1.54) is 15.0 Å². The van der Waals surface area contributed by atoms with Crippen molar-refractivity contribution in [3.63, 3.8) is 0 Å². The van der Waals surface area contributed by atoms with Gasteiger partial charge in [0.25, 0.3) is 0 Å². The summed E-state index contributed by atoms with van der Waals surface area (Å²) in [6.07, 6.45) is 5.58. The van der Waals surface area contributed by atoms with Gasteiger partial charge in [-0.2, -0.15) is 0 Å². The number of methoxy groups -OCH3 is 1. The Bertz CT molecular complexity index is 638. The Morgan fingerprint density at radius 2 is 1.48 bits per heavy atom. The van der Waals surface area contributed by atoms with Crippen molar-refractivity contribution in [3.05, 3.63) is 45.4 Å². The molecule has 2 nitrogen and oxygen atoms in total. The molecule has 0 spiro atoms. The molecule has 25 heavy (non-hydrogen) atoms. The van der Waals surface area contributed by atoms with Crippen LogP contribution in [-0.4, -0.2) is 7.11 Å². The van der Waals surface area contributed by atoms with Crippen LogP contribution < -0.4 is 8.06 Å². The van der Waals surface area contributed by atoms with Crippen LogP contribution in [0.2, 0.25) is 0 Å². The Kier molecular flexibility index (Phi) is 9.35. The maximum absolute atomic E-state index is 6.24. The maximum Gasteiger partial charge on any atom is -0.147 e. The van der Waals surface area contributed by atoms with E-state index in [1.54, 1.807) is 7.11 Å². The zero-order chi connectivity index (χ0) is 17.3. The molecule has 5 heteroatoms. The molecule has 0 saturated carbocycles. The second kappa shape index (κ2) is 9.51. The van der Waals surface area contributed by atoms with Gasteiger partial charge in [0.2, 0.25) is 0 Å². The van der Waals surface area contributed by atoms with E-state index in [4.69, 9.17) is 8.06 Å². The number of rotatable bonds is 4. The normalized spacial score (nSPS) is 13.9. The third-order valence-electron chi connectivity index (χ3n) is 4.01. The maximum atomic E-state index is 6.24. The van der Waals surface area contributed by atoms with E-state index in [9.17, 15) is 0 Å². The van der Waals surface area contributed by atoms with Crippen molar-refractivity contribution in [2.45, 2.75) is 53.4 Å². The first kappa shape index (κ1) is 24.6. The Morgan fingerprint density at radius 1 is 0.880 bits per heavy atom. The van der Waals surface area contributed by atoms with E-state index in [-0.39, 0.29) is 35.6 Å². The van der Waals surface area contributed by atoms with Crippen LogP contribution in [-0.2, 0) is 25.0 Å². The molecule has 0 heterocycles. The number of ether oxygens (including phenoxy) is 1. The van der Waals surface area contributed by atoms with Crippen molar-refractivity contribution in [1.82, 2.24) is 0 Å². The minimum Gasteiger partial charge on any atom is -0.147 e. The molecule has 0 bridgehead atoms. The molecule has 0 unspecified atom stereocenters. The number of hydrogen-bond donors (Lipinski definition) is 0. The summed E-state index contributed by atoms with van der Waals surface area (Å²) in [5.74, 6) is 1.80. The summed E-state index contributed by atoms with van der Waals surface area (Å²) in [6.45, 7) is 13.4.